The molecular formula is C14H23F2N3. The molecular weight excluding hydrogens is 248 g/mol. The molecule has 0 bridgehead atoms. The number of nitrogens with zero attached hydrogens (tertiary/aromatic N) is 2. The van der Waals surface area contributed by atoms with Crippen molar-refractivity contribution in [1.82, 2.24) is 15.1 Å². The van der Waals surface area contributed by atoms with Crippen molar-refractivity contribution in [1.29, 1.82) is 0 Å². The van der Waals surface area contributed by atoms with E-state index >= 15 is 0 Å². The molecule has 0 aromatic carbocycles. The van der Waals surface area contributed by atoms with Crippen molar-refractivity contribution in [3.05, 3.63) is 18.0 Å². The molecule has 1 N–H and O–H groups in total. The molecule has 108 valence electrons. The highest BCUT2D eigenvalue weighted by atomic mass is 19.3. The van der Waals surface area contributed by atoms with Gasteiger partial charge in [-0.1, -0.05) is 0 Å². The minimum atomic E-state index is -2.61. The fourth-order valence-corrected chi connectivity index (χ4v) is 2.99. The van der Waals surface area contributed by atoms with Crippen LogP contribution >= 0.6 is 0 Å². The number of halogens is 2. The second-order valence-corrected chi connectivity index (χ2v) is 6.59. The summed E-state index contributed by atoms with van der Waals surface area (Å²) in [6.07, 6.45) is 4.61. The second kappa shape index (κ2) is 4.85. The van der Waals surface area contributed by atoms with Gasteiger partial charge in [0.2, 0.25) is 5.92 Å². The summed E-state index contributed by atoms with van der Waals surface area (Å²) >= 11 is 0. The average Bonchev–Trinajstić information content (AvgIpc) is 2.79. The number of H-pyrrole nitrogens is 1. The number of nitrogens with one attached hydrogen (secondary N) is 1. The molecule has 1 saturated heterocycles. The van der Waals surface area contributed by atoms with Gasteiger partial charge in [0.1, 0.15) is 0 Å². The lowest BCUT2D eigenvalue weighted by Gasteiger charge is -2.47. The van der Waals surface area contributed by atoms with Gasteiger partial charge in [-0.05, 0) is 47.1 Å². The lowest BCUT2D eigenvalue weighted by atomic mass is 9.82. The number of aromatic nitrogens is 2. The zero-order chi connectivity index (χ0) is 14.3. The van der Waals surface area contributed by atoms with E-state index in [1.54, 1.807) is 6.20 Å². The van der Waals surface area contributed by atoms with Crippen LogP contribution in [0.15, 0.2) is 12.4 Å². The van der Waals surface area contributed by atoms with E-state index in [0.717, 1.165) is 12.5 Å². The summed E-state index contributed by atoms with van der Waals surface area (Å²) in [5, 5.41) is 6.75. The van der Waals surface area contributed by atoms with Gasteiger partial charge in [0.05, 0.1) is 6.20 Å². The average molecular weight is 271 g/mol. The molecule has 0 radical (unpaired) electrons. The molecule has 19 heavy (non-hydrogen) atoms. The smallest absolute Gasteiger partial charge is 0.248 e. The van der Waals surface area contributed by atoms with Crippen molar-refractivity contribution in [3.8, 4) is 0 Å². The van der Waals surface area contributed by atoms with Gasteiger partial charge in [0.25, 0.3) is 0 Å². The Hall–Kier alpha value is -0.970. The van der Waals surface area contributed by atoms with E-state index in [2.05, 4.69) is 35.9 Å². The van der Waals surface area contributed by atoms with Gasteiger partial charge in [-0.25, -0.2) is 8.78 Å². The van der Waals surface area contributed by atoms with Crippen LogP contribution in [0, 0.1) is 5.92 Å². The van der Waals surface area contributed by atoms with Crippen molar-refractivity contribution in [3.63, 3.8) is 0 Å². The molecule has 2 heterocycles. The van der Waals surface area contributed by atoms with Gasteiger partial charge in [-0.2, -0.15) is 5.10 Å². The Morgan fingerprint density at radius 3 is 2.47 bits per heavy atom. The molecule has 1 aromatic rings. The van der Waals surface area contributed by atoms with E-state index < -0.39 is 11.8 Å². The molecule has 0 unspecified atom stereocenters. The van der Waals surface area contributed by atoms with E-state index in [9.17, 15) is 8.78 Å². The lowest BCUT2D eigenvalue weighted by molar-refractivity contribution is -0.0873. The van der Waals surface area contributed by atoms with Gasteiger partial charge in [0, 0.05) is 29.3 Å². The Morgan fingerprint density at radius 1 is 1.32 bits per heavy atom. The molecule has 0 amide bonds. The van der Waals surface area contributed by atoms with Gasteiger partial charge >= 0.3 is 0 Å². The van der Waals surface area contributed by atoms with Gasteiger partial charge in [-0.15, -0.1) is 0 Å². The van der Waals surface area contributed by atoms with Crippen LogP contribution in [-0.4, -0.2) is 33.1 Å². The predicted octanol–water partition coefficient (Wildman–Crippen LogP) is 3.62. The Kier molecular flexibility index (Phi) is 3.69. The standard InChI is InChI=1S/C14H23F2N3/c1-13(2,3)19-6-5-11(14(4,15)16)7-12(19)10-8-17-18-9-10/h8-9,11-12H,5-7H2,1-4H3,(H,17,18)/t11-,12+/m1/s1. The zero-order valence-electron chi connectivity index (χ0n) is 12.1. The van der Waals surface area contributed by atoms with Crippen LogP contribution in [0.4, 0.5) is 8.78 Å². The normalized spacial score (nSPS) is 26.6. The van der Waals surface area contributed by atoms with Gasteiger partial charge < -0.3 is 0 Å². The molecule has 0 saturated carbocycles. The first-order chi connectivity index (χ1) is 8.69. The van der Waals surface area contributed by atoms with Crippen LogP contribution in [0.1, 0.15) is 52.1 Å². The van der Waals surface area contributed by atoms with Crippen molar-refractivity contribution in [2.24, 2.45) is 5.92 Å². The number of aromatic amines is 1. The molecule has 0 aliphatic carbocycles. The van der Waals surface area contributed by atoms with Crippen LogP contribution in [0.25, 0.3) is 0 Å². The molecule has 0 spiro atoms. The summed E-state index contributed by atoms with van der Waals surface area (Å²) in [4.78, 5) is 2.31. The topological polar surface area (TPSA) is 31.9 Å². The number of likely N-dealkylation sites (tertiary alicyclic amines) is 1. The molecule has 2 rings (SSSR count). The number of alkyl halides is 2. The van der Waals surface area contributed by atoms with Crippen molar-refractivity contribution in [2.45, 2.75) is 58.0 Å². The largest absolute Gasteiger partial charge is 0.291 e. The summed E-state index contributed by atoms with van der Waals surface area (Å²) in [6.45, 7) is 8.13. The Bertz CT molecular complexity index is 403. The van der Waals surface area contributed by atoms with Crippen molar-refractivity contribution >= 4 is 0 Å². The van der Waals surface area contributed by atoms with Gasteiger partial charge in [-0.3, -0.25) is 10.00 Å². The first-order valence-corrected chi connectivity index (χ1v) is 6.83. The van der Waals surface area contributed by atoms with E-state index in [0.29, 0.717) is 19.4 Å². The zero-order valence-corrected chi connectivity index (χ0v) is 12.1. The minimum absolute atomic E-state index is 0.0170. The van der Waals surface area contributed by atoms with Crippen LogP contribution in [0.5, 0.6) is 0 Å². The van der Waals surface area contributed by atoms with E-state index in [-0.39, 0.29) is 11.6 Å². The Labute approximate surface area is 113 Å². The molecule has 2 atom stereocenters. The molecule has 5 heteroatoms. The molecule has 3 nitrogen and oxygen atoms in total. The van der Waals surface area contributed by atoms with Crippen LogP contribution < -0.4 is 0 Å². The lowest BCUT2D eigenvalue weighted by Crippen LogP contribution is -2.50. The highest BCUT2D eigenvalue weighted by Gasteiger charge is 2.43. The van der Waals surface area contributed by atoms with E-state index in [1.807, 2.05) is 6.20 Å². The second-order valence-electron chi connectivity index (χ2n) is 6.59. The summed E-state index contributed by atoms with van der Waals surface area (Å²) in [7, 11) is 0. The third-order valence-electron chi connectivity index (χ3n) is 4.09. The SMILES string of the molecule is CC(F)(F)[C@@H]1CCN(C(C)(C)C)[C@H](c2cn[nH]c2)C1. The highest BCUT2D eigenvalue weighted by Crippen LogP contribution is 2.43. The maximum Gasteiger partial charge on any atom is 0.248 e. The third-order valence-corrected chi connectivity index (χ3v) is 4.09. The number of piperidine rings is 1. The van der Waals surface area contributed by atoms with E-state index in [1.165, 1.54) is 0 Å². The monoisotopic (exact) mass is 271 g/mol. The first-order valence-electron chi connectivity index (χ1n) is 6.83. The summed E-state index contributed by atoms with van der Waals surface area (Å²) in [5.74, 6) is -3.16. The number of rotatable bonds is 2. The number of hydrogen-bond acceptors (Lipinski definition) is 2. The van der Waals surface area contributed by atoms with Crippen molar-refractivity contribution < 1.29 is 8.78 Å². The molecule has 1 fully saturated rings. The maximum absolute atomic E-state index is 13.6. The quantitative estimate of drug-likeness (QED) is 0.891. The first kappa shape index (κ1) is 14.4. The summed E-state index contributed by atoms with van der Waals surface area (Å²) in [5.41, 5.74) is 0.972. The highest BCUT2D eigenvalue weighted by molar-refractivity contribution is 5.13. The third kappa shape index (κ3) is 3.14. The van der Waals surface area contributed by atoms with E-state index in [4.69, 9.17) is 0 Å². The minimum Gasteiger partial charge on any atom is -0.291 e. The fraction of sp³-hybridized carbons (Fsp3) is 0.786. The molecule has 1 aliphatic rings. The summed E-state index contributed by atoms with van der Waals surface area (Å²) in [6, 6.07) is 0.0170. The fourth-order valence-electron chi connectivity index (χ4n) is 2.99. The molecule has 1 aliphatic heterocycles. The van der Waals surface area contributed by atoms with Crippen LogP contribution in [-0.2, 0) is 0 Å². The Balaban J connectivity index is 2.25. The molecule has 1 aromatic heterocycles. The predicted molar refractivity (Wildman–Crippen MR) is 71.1 cm³/mol. The maximum atomic E-state index is 13.6. The van der Waals surface area contributed by atoms with Crippen LogP contribution in [0.2, 0.25) is 0 Å². The van der Waals surface area contributed by atoms with Gasteiger partial charge in [0.15, 0.2) is 0 Å². The summed E-state index contributed by atoms with van der Waals surface area (Å²) < 4.78 is 27.2. The number of hydrogen-bond donors (Lipinski definition) is 1. The van der Waals surface area contributed by atoms with Crippen LogP contribution in [0.3, 0.4) is 0 Å². The Morgan fingerprint density at radius 2 is 2.00 bits per heavy atom. The van der Waals surface area contributed by atoms with Crippen molar-refractivity contribution in [2.75, 3.05) is 6.54 Å².